The molecule has 0 saturated heterocycles. The lowest BCUT2D eigenvalue weighted by atomic mass is 10.1. The molecule has 0 bridgehead atoms. The number of ether oxygens (including phenoxy) is 1. The Labute approximate surface area is 214 Å². The summed E-state index contributed by atoms with van der Waals surface area (Å²) in [5, 5.41) is 20.1. The summed E-state index contributed by atoms with van der Waals surface area (Å²) in [7, 11) is 0. The van der Waals surface area contributed by atoms with Crippen LogP contribution >= 0.6 is 27.7 Å². The van der Waals surface area contributed by atoms with Crippen LogP contribution in [0.1, 0.15) is 27.8 Å². The highest BCUT2D eigenvalue weighted by atomic mass is 79.9. The van der Waals surface area contributed by atoms with Crippen LogP contribution in [0, 0.1) is 29.8 Å². The Morgan fingerprint density at radius 1 is 1.11 bits per heavy atom. The molecular formula is C25H22BrFN4O3S. The van der Waals surface area contributed by atoms with E-state index in [1.165, 1.54) is 23.9 Å². The van der Waals surface area contributed by atoms with Crippen molar-refractivity contribution < 1.29 is 14.1 Å². The fraction of sp³-hybridized carbons (Fsp3) is 0.200. The Morgan fingerprint density at radius 2 is 1.91 bits per heavy atom. The Morgan fingerprint density at radius 3 is 2.66 bits per heavy atom. The zero-order valence-electron chi connectivity index (χ0n) is 19.0. The predicted molar refractivity (Wildman–Crippen MR) is 136 cm³/mol. The van der Waals surface area contributed by atoms with Gasteiger partial charge in [0.2, 0.25) is 6.54 Å². The maximum Gasteiger partial charge on any atom is 0.220 e. The molecule has 10 heteroatoms. The van der Waals surface area contributed by atoms with Crippen molar-refractivity contribution in [2.45, 2.75) is 30.9 Å². The van der Waals surface area contributed by atoms with E-state index in [0.717, 1.165) is 15.7 Å². The van der Waals surface area contributed by atoms with Gasteiger partial charge in [0.25, 0.3) is 0 Å². The van der Waals surface area contributed by atoms with Gasteiger partial charge >= 0.3 is 0 Å². The molecule has 35 heavy (non-hydrogen) atoms. The van der Waals surface area contributed by atoms with Gasteiger partial charge in [0.15, 0.2) is 5.16 Å². The predicted octanol–water partition coefficient (Wildman–Crippen LogP) is 6.47. The fourth-order valence-electron chi connectivity index (χ4n) is 3.64. The van der Waals surface area contributed by atoms with E-state index < -0.39 is 5.25 Å². The van der Waals surface area contributed by atoms with Crippen molar-refractivity contribution in [2.24, 2.45) is 0 Å². The van der Waals surface area contributed by atoms with Gasteiger partial charge in [0.1, 0.15) is 29.2 Å². The number of rotatable bonds is 9. The zero-order chi connectivity index (χ0) is 24.9. The van der Waals surface area contributed by atoms with Crippen molar-refractivity contribution in [2.75, 3.05) is 6.54 Å². The lowest BCUT2D eigenvalue weighted by Gasteiger charge is -2.18. The lowest BCUT2D eigenvalue weighted by molar-refractivity contribution is -0.479. The maximum atomic E-state index is 13.6. The number of nitro groups is 1. The highest BCUT2D eigenvalue weighted by molar-refractivity contribution is 9.10. The second kappa shape index (κ2) is 11.0. The van der Waals surface area contributed by atoms with E-state index in [9.17, 15) is 14.5 Å². The molecule has 1 aromatic heterocycles. The van der Waals surface area contributed by atoms with Gasteiger partial charge in [-0.15, -0.1) is 10.2 Å². The molecule has 4 rings (SSSR count). The second-order valence-corrected chi connectivity index (χ2v) is 10.0. The first kappa shape index (κ1) is 24.9. The quantitative estimate of drug-likeness (QED) is 0.133. The van der Waals surface area contributed by atoms with Crippen LogP contribution < -0.4 is 4.74 Å². The number of hydrogen-bond acceptors (Lipinski definition) is 6. The van der Waals surface area contributed by atoms with E-state index in [0.29, 0.717) is 27.9 Å². The molecule has 4 aromatic rings. The highest BCUT2D eigenvalue weighted by Gasteiger charge is 2.27. The summed E-state index contributed by atoms with van der Waals surface area (Å²) >= 11 is 4.72. The van der Waals surface area contributed by atoms with Gasteiger partial charge < -0.3 is 4.74 Å². The van der Waals surface area contributed by atoms with Crippen molar-refractivity contribution in [3.63, 3.8) is 0 Å². The number of aromatic nitrogens is 3. The Bertz CT molecular complexity index is 1360. The first-order valence-electron chi connectivity index (χ1n) is 10.7. The molecule has 0 radical (unpaired) electrons. The van der Waals surface area contributed by atoms with E-state index in [2.05, 4.69) is 26.1 Å². The van der Waals surface area contributed by atoms with Crippen molar-refractivity contribution in [1.82, 2.24) is 14.8 Å². The SMILES string of the molecule is Cc1cccc(-n2c(C)nnc2S[C@H](C[N+](=O)[O-])c2cc(Br)ccc2OCc2cccc(F)c2)c1. The number of aryl methyl sites for hydroxylation is 2. The molecule has 0 aliphatic heterocycles. The van der Waals surface area contributed by atoms with E-state index in [-0.39, 0.29) is 23.9 Å². The minimum atomic E-state index is -0.614. The summed E-state index contributed by atoms with van der Waals surface area (Å²) in [6.07, 6.45) is 0. The maximum absolute atomic E-state index is 13.6. The van der Waals surface area contributed by atoms with Crippen LogP contribution in [-0.2, 0) is 6.61 Å². The number of halogens is 2. The topological polar surface area (TPSA) is 83.1 Å². The van der Waals surface area contributed by atoms with Gasteiger partial charge in [-0.1, -0.05) is 52.0 Å². The Hall–Kier alpha value is -3.24. The third kappa shape index (κ3) is 6.26. The van der Waals surface area contributed by atoms with E-state index in [1.807, 2.05) is 48.7 Å². The average Bonchev–Trinajstić information content (AvgIpc) is 3.17. The number of nitrogens with zero attached hydrogens (tertiary/aromatic N) is 4. The summed E-state index contributed by atoms with van der Waals surface area (Å²) in [6, 6.07) is 19.4. The first-order valence-corrected chi connectivity index (χ1v) is 12.4. The zero-order valence-corrected chi connectivity index (χ0v) is 21.4. The Balaban J connectivity index is 1.68. The third-order valence-corrected chi connectivity index (χ3v) is 6.88. The first-order chi connectivity index (χ1) is 16.8. The summed E-state index contributed by atoms with van der Waals surface area (Å²) in [4.78, 5) is 11.3. The van der Waals surface area contributed by atoms with Crippen LogP contribution in [0.5, 0.6) is 5.75 Å². The molecule has 0 N–H and O–H groups in total. The van der Waals surface area contributed by atoms with Crippen molar-refractivity contribution in [1.29, 1.82) is 0 Å². The van der Waals surface area contributed by atoms with Crippen molar-refractivity contribution >= 4 is 27.7 Å². The summed E-state index contributed by atoms with van der Waals surface area (Å²) in [5.74, 6) is 0.805. The summed E-state index contributed by atoms with van der Waals surface area (Å²) in [6.45, 7) is 3.61. The van der Waals surface area contributed by atoms with E-state index in [4.69, 9.17) is 4.74 Å². The van der Waals surface area contributed by atoms with Gasteiger partial charge in [-0.2, -0.15) is 0 Å². The second-order valence-electron chi connectivity index (χ2n) is 7.93. The molecular weight excluding hydrogens is 535 g/mol. The molecule has 0 spiro atoms. The molecule has 0 aliphatic carbocycles. The molecule has 0 fully saturated rings. The standard InChI is InChI=1S/C25H22BrFN4O3S/c1-16-5-3-8-21(11-16)31-17(2)28-29-25(31)35-24(14-30(32)33)22-13-19(26)9-10-23(22)34-15-18-6-4-7-20(27)12-18/h3-13,24H,14-15H2,1-2H3/t24-/m1/s1. The normalized spacial score (nSPS) is 11.9. The Kier molecular flexibility index (Phi) is 7.82. The summed E-state index contributed by atoms with van der Waals surface area (Å²) in [5.41, 5.74) is 3.25. The van der Waals surface area contributed by atoms with Gasteiger partial charge in [0.05, 0.1) is 0 Å². The van der Waals surface area contributed by atoms with Crippen LogP contribution in [0.2, 0.25) is 0 Å². The van der Waals surface area contributed by atoms with Crippen molar-refractivity contribution in [3.05, 3.63) is 110 Å². The highest BCUT2D eigenvalue weighted by Crippen LogP contribution is 2.41. The molecule has 3 aromatic carbocycles. The van der Waals surface area contributed by atoms with Gasteiger partial charge in [-0.3, -0.25) is 14.7 Å². The van der Waals surface area contributed by atoms with Crippen LogP contribution in [0.15, 0.2) is 76.4 Å². The molecule has 0 saturated carbocycles. The number of benzene rings is 3. The monoisotopic (exact) mass is 556 g/mol. The van der Waals surface area contributed by atoms with Crippen molar-refractivity contribution in [3.8, 4) is 11.4 Å². The van der Waals surface area contributed by atoms with Crippen LogP contribution in [0.3, 0.4) is 0 Å². The van der Waals surface area contributed by atoms with Gasteiger partial charge in [0, 0.05) is 20.6 Å². The van der Waals surface area contributed by atoms with Crippen LogP contribution in [0.25, 0.3) is 5.69 Å². The fourth-order valence-corrected chi connectivity index (χ4v) is 5.21. The number of thioether (sulfide) groups is 1. The summed E-state index contributed by atoms with van der Waals surface area (Å²) < 4.78 is 22.2. The number of hydrogen-bond donors (Lipinski definition) is 0. The largest absolute Gasteiger partial charge is 0.489 e. The molecule has 7 nitrogen and oxygen atoms in total. The lowest BCUT2D eigenvalue weighted by Crippen LogP contribution is -2.13. The molecule has 0 unspecified atom stereocenters. The minimum absolute atomic E-state index is 0.126. The van der Waals surface area contributed by atoms with Crippen LogP contribution in [-0.4, -0.2) is 26.2 Å². The molecule has 1 atom stereocenters. The van der Waals surface area contributed by atoms with Crippen LogP contribution in [0.4, 0.5) is 4.39 Å². The minimum Gasteiger partial charge on any atom is -0.489 e. The van der Waals surface area contributed by atoms with Gasteiger partial charge in [-0.25, -0.2) is 4.39 Å². The molecule has 0 aliphatic rings. The van der Waals surface area contributed by atoms with Gasteiger partial charge in [-0.05, 0) is 67.4 Å². The molecule has 1 heterocycles. The average molecular weight is 557 g/mol. The van der Waals surface area contributed by atoms with E-state index >= 15 is 0 Å². The molecule has 180 valence electrons. The van der Waals surface area contributed by atoms with E-state index in [1.54, 1.807) is 24.3 Å². The molecule has 0 amide bonds. The smallest absolute Gasteiger partial charge is 0.220 e. The third-order valence-electron chi connectivity index (χ3n) is 5.22.